The van der Waals surface area contributed by atoms with Crippen LogP contribution in [0.4, 0.5) is 4.79 Å². The predicted octanol–water partition coefficient (Wildman–Crippen LogP) is 2.17. The molecule has 0 radical (unpaired) electrons. The molecule has 2 N–H and O–H groups in total. The zero-order valence-electron chi connectivity index (χ0n) is 13.0. The molecule has 5 nitrogen and oxygen atoms in total. The lowest BCUT2D eigenvalue weighted by atomic mass is 10.0. The number of aromatic nitrogens is 1. The highest BCUT2D eigenvalue weighted by atomic mass is 32.1. The van der Waals surface area contributed by atoms with Crippen molar-refractivity contribution in [3.8, 4) is 0 Å². The molecule has 1 aromatic heterocycles. The lowest BCUT2D eigenvalue weighted by Gasteiger charge is -2.33. The van der Waals surface area contributed by atoms with Gasteiger partial charge < -0.3 is 10.6 Å². The first kappa shape index (κ1) is 16.2. The maximum Gasteiger partial charge on any atom is 0.314 e. The van der Waals surface area contributed by atoms with Gasteiger partial charge >= 0.3 is 6.03 Å². The summed E-state index contributed by atoms with van der Waals surface area (Å²) in [4.78, 5) is 18.5. The Morgan fingerprint density at radius 3 is 2.95 bits per heavy atom. The number of nitrogens with one attached hydrogen (secondary N) is 2. The maximum atomic E-state index is 11.7. The zero-order chi connectivity index (χ0) is 15.1. The van der Waals surface area contributed by atoms with Crippen molar-refractivity contribution in [1.82, 2.24) is 20.5 Å². The van der Waals surface area contributed by atoms with Gasteiger partial charge in [0.15, 0.2) is 0 Å². The number of hydrogen-bond acceptors (Lipinski definition) is 4. The number of carbonyl (C=O) groups is 1. The number of carbonyl (C=O) groups excluding carboxylic acids is 1. The molecule has 6 heteroatoms. The third kappa shape index (κ3) is 5.63. The van der Waals surface area contributed by atoms with Crippen molar-refractivity contribution in [2.45, 2.75) is 45.6 Å². The fourth-order valence-corrected chi connectivity index (χ4v) is 3.34. The predicted molar refractivity (Wildman–Crippen MR) is 86.8 cm³/mol. The van der Waals surface area contributed by atoms with Crippen LogP contribution in [0.5, 0.6) is 0 Å². The Hall–Kier alpha value is -1.14. The average molecular weight is 310 g/mol. The largest absolute Gasteiger partial charge is 0.338 e. The molecule has 1 saturated heterocycles. The molecule has 0 aliphatic carbocycles. The smallest absolute Gasteiger partial charge is 0.314 e. The van der Waals surface area contributed by atoms with Gasteiger partial charge in [-0.2, -0.15) is 0 Å². The Morgan fingerprint density at radius 1 is 1.43 bits per heavy atom. The minimum Gasteiger partial charge on any atom is -0.338 e. The summed E-state index contributed by atoms with van der Waals surface area (Å²) in [6.45, 7) is 7.72. The molecule has 2 amide bonds. The van der Waals surface area contributed by atoms with Crippen molar-refractivity contribution >= 4 is 17.4 Å². The van der Waals surface area contributed by atoms with Gasteiger partial charge in [-0.1, -0.05) is 6.42 Å². The Bertz CT molecular complexity index is 449. The van der Waals surface area contributed by atoms with Crippen LogP contribution in [0.1, 0.15) is 36.9 Å². The molecule has 0 spiro atoms. The lowest BCUT2D eigenvalue weighted by molar-refractivity contribution is 0.161. The van der Waals surface area contributed by atoms with E-state index in [1.807, 2.05) is 12.3 Å². The van der Waals surface area contributed by atoms with Gasteiger partial charge in [-0.25, -0.2) is 9.78 Å². The number of rotatable bonds is 6. The highest BCUT2D eigenvalue weighted by Crippen LogP contribution is 2.15. The first-order chi connectivity index (χ1) is 10.1. The summed E-state index contributed by atoms with van der Waals surface area (Å²) in [6.07, 6.45) is 4.69. The second-order valence-corrected chi connectivity index (χ2v) is 6.73. The molecule has 1 aromatic rings. The van der Waals surface area contributed by atoms with Crippen LogP contribution in [-0.2, 0) is 6.42 Å². The molecule has 2 rings (SSSR count). The van der Waals surface area contributed by atoms with Gasteiger partial charge in [0.2, 0.25) is 0 Å². The monoisotopic (exact) mass is 310 g/mol. The summed E-state index contributed by atoms with van der Waals surface area (Å²) in [5, 5.41) is 8.94. The number of likely N-dealkylation sites (tertiary alicyclic amines) is 1. The normalized spacial score (nSPS) is 19.4. The number of amides is 2. The van der Waals surface area contributed by atoms with E-state index in [0.29, 0.717) is 19.1 Å². The minimum atomic E-state index is -0.0772. The number of hydrogen-bond donors (Lipinski definition) is 2. The maximum absolute atomic E-state index is 11.7. The first-order valence-electron chi connectivity index (χ1n) is 7.82. The van der Waals surface area contributed by atoms with E-state index in [0.717, 1.165) is 30.2 Å². The molecule has 0 aromatic carbocycles. The van der Waals surface area contributed by atoms with E-state index in [4.69, 9.17) is 0 Å². The lowest BCUT2D eigenvalue weighted by Crippen LogP contribution is -2.44. The Balaban J connectivity index is 1.55. The van der Waals surface area contributed by atoms with Crippen LogP contribution < -0.4 is 10.6 Å². The van der Waals surface area contributed by atoms with Crippen LogP contribution >= 0.6 is 11.3 Å². The van der Waals surface area contributed by atoms with Crippen molar-refractivity contribution in [2.75, 3.05) is 26.2 Å². The van der Waals surface area contributed by atoms with Crippen LogP contribution in [0.25, 0.3) is 0 Å². The molecule has 118 valence electrons. The Morgan fingerprint density at radius 2 is 2.24 bits per heavy atom. The van der Waals surface area contributed by atoms with E-state index in [-0.39, 0.29) is 6.03 Å². The fraction of sp³-hybridized carbons (Fsp3) is 0.733. The standard InChI is InChI=1S/C15H26N4OS/c1-12-5-3-4-9-19(12)10-8-17-15(20)16-7-6-14-11-21-13(2)18-14/h11-12H,3-10H2,1-2H3,(H2,16,17,20)/t12-/m0/s1. The average Bonchev–Trinajstić information content (AvgIpc) is 2.87. The van der Waals surface area contributed by atoms with Crippen LogP contribution in [0.15, 0.2) is 5.38 Å². The third-order valence-corrected chi connectivity index (χ3v) is 4.78. The topological polar surface area (TPSA) is 57.3 Å². The van der Waals surface area contributed by atoms with Crippen molar-refractivity contribution in [3.05, 3.63) is 16.1 Å². The first-order valence-corrected chi connectivity index (χ1v) is 8.70. The van der Waals surface area contributed by atoms with E-state index in [1.165, 1.54) is 19.3 Å². The van der Waals surface area contributed by atoms with Gasteiger partial charge in [-0.15, -0.1) is 11.3 Å². The quantitative estimate of drug-likeness (QED) is 0.846. The molecule has 1 aliphatic heterocycles. The molecule has 0 bridgehead atoms. The van der Waals surface area contributed by atoms with Gasteiger partial charge in [0, 0.05) is 37.5 Å². The molecule has 1 aliphatic rings. The molecule has 0 saturated carbocycles. The van der Waals surface area contributed by atoms with Crippen molar-refractivity contribution in [2.24, 2.45) is 0 Å². The van der Waals surface area contributed by atoms with Gasteiger partial charge in [0.05, 0.1) is 10.7 Å². The molecular weight excluding hydrogens is 284 g/mol. The number of urea groups is 1. The van der Waals surface area contributed by atoms with Crippen molar-refractivity contribution < 1.29 is 4.79 Å². The summed E-state index contributed by atoms with van der Waals surface area (Å²) >= 11 is 1.65. The van der Waals surface area contributed by atoms with Gasteiger partial charge in [-0.05, 0) is 33.2 Å². The summed E-state index contributed by atoms with van der Waals surface area (Å²) in [7, 11) is 0. The Labute approximate surface area is 131 Å². The van der Waals surface area contributed by atoms with Gasteiger partial charge in [0.25, 0.3) is 0 Å². The highest BCUT2D eigenvalue weighted by Gasteiger charge is 2.17. The van der Waals surface area contributed by atoms with Gasteiger partial charge in [0.1, 0.15) is 0 Å². The van der Waals surface area contributed by atoms with Crippen LogP contribution in [0.2, 0.25) is 0 Å². The summed E-state index contributed by atoms with van der Waals surface area (Å²) in [6, 6.07) is 0.572. The zero-order valence-corrected chi connectivity index (χ0v) is 13.8. The Kier molecular flexibility index (Phi) is 6.45. The number of aryl methyl sites for hydroxylation is 1. The second kappa shape index (κ2) is 8.34. The van der Waals surface area contributed by atoms with E-state index in [2.05, 4.69) is 27.4 Å². The molecule has 21 heavy (non-hydrogen) atoms. The van der Waals surface area contributed by atoms with E-state index in [1.54, 1.807) is 11.3 Å². The van der Waals surface area contributed by atoms with Crippen molar-refractivity contribution in [3.63, 3.8) is 0 Å². The summed E-state index contributed by atoms with van der Waals surface area (Å²) in [5.41, 5.74) is 1.06. The number of piperidine rings is 1. The highest BCUT2D eigenvalue weighted by molar-refractivity contribution is 7.09. The number of nitrogens with zero attached hydrogens (tertiary/aromatic N) is 2. The second-order valence-electron chi connectivity index (χ2n) is 5.67. The van der Waals surface area contributed by atoms with Crippen LogP contribution in [-0.4, -0.2) is 48.1 Å². The summed E-state index contributed by atoms with van der Waals surface area (Å²) in [5.74, 6) is 0. The van der Waals surface area contributed by atoms with Crippen LogP contribution in [0, 0.1) is 6.92 Å². The minimum absolute atomic E-state index is 0.0772. The van der Waals surface area contributed by atoms with E-state index >= 15 is 0 Å². The summed E-state index contributed by atoms with van der Waals surface area (Å²) < 4.78 is 0. The van der Waals surface area contributed by atoms with E-state index in [9.17, 15) is 4.79 Å². The van der Waals surface area contributed by atoms with E-state index < -0.39 is 0 Å². The van der Waals surface area contributed by atoms with Crippen molar-refractivity contribution in [1.29, 1.82) is 0 Å². The molecular formula is C15H26N4OS. The molecule has 1 fully saturated rings. The number of thiazole rings is 1. The molecule has 2 heterocycles. The van der Waals surface area contributed by atoms with Crippen LogP contribution in [0.3, 0.4) is 0 Å². The third-order valence-electron chi connectivity index (χ3n) is 3.96. The SMILES string of the molecule is Cc1nc(CCNC(=O)NCCN2CCCC[C@@H]2C)cs1. The fourth-order valence-electron chi connectivity index (χ4n) is 2.69. The molecule has 0 unspecified atom stereocenters. The van der Waals surface area contributed by atoms with Gasteiger partial charge in [-0.3, -0.25) is 4.90 Å². The molecule has 1 atom stereocenters.